The van der Waals surface area contributed by atoms with Crippen LogP contribution >= 0.6 is 0 Å². The summed E-state index contributed by atoms with van der Waals surface area (Å²) >= 11 is 0. The van der Waals surface area contributed by atoms with E-state index in [9.17, 15) is 5.11 Å². The second kappa shape index (κ2) is 4.90. The third kappa shape index (κ3) is 2.27. The summed E-state index contributed by atoms with van der Waals surface area (Å²) in [6.45, 7) is 2.20. The van der Waals surface area contributed by atoms with E-state index in [-0.39, 0.29) is 12.7 Å². The van der Waals surface area contributed by atoms with Crippen molar-refractivity contribution in [1.82, 2.24) is 4.98 Å². The summed E-state index contributed by atoms with van der Waals surface area (Å²) in [5.74, 6) is 1.33. The molecule has 0 aliphatic carbocycles. The van der Waals surface area contributed by atoms with Crippen molar-refractivity contribution < 1.29 is 14.6 Å². The number of benzene rings is 1. The maximum Gasteiger partial charge on any atom is 0.231 e. The maximum atomic E-state index is 10.4. The zero-order chi connectivity index (χ0) is 13.2. The van der Waals surface area contributed by atoms with Crippen molar-refractivity contribution in [2.75, 3.05) is 6.79 Å². The van der Waals surface area contributed by atoms with Crippen molar-refractivity contribution in [2.24, 2.45) is 0 Å². The van der Waals surface area contributed by atoms with Crippen LogP contribution in [0.2, 0.25) is 0 Å². The van der Waals surface area contributed by atoms with E-state index in [0.29, 0.717) is 5.75 Å². The summed E-state index contributed by atoms with van der Waals surface area (Å²) in [6.07, 6.45) is 1.11. The molecule has 0 amide bonds. The second-order valence-electron chi connectivity index (χ2n) is 4.60. The molecule has 4 heteroatoms. The lowest BCUT2D eigenvalue weighted by atomic mass is 9.94. The van der Waals surface area contributed by atoms with Gasteiger partial charge in [0, 0.05) is 17.8 Å². The third-order valence-corrected chi connectivity index (χ3v) is 3.37. The largest absolute Gasteiger partial charge is 0.454 e. The SMILES string of the molecule is CC(c1ccccn1)C(O)c1ccc2c(c1)OCO2. The maximum absolute atomic E-state index is 10.4. The number of fused-ring (bicyclic) bond motifs is 1. The Labute approximate surface area is 111 Å². The van der Waals surface area contributed by atoms with Crippen molar-refractivity contribution in [1.29, 1.82) is 0 Å². The highest BCUT2D eigenvalue weighted by Gasteiger charge is 2.22. The topological polar surface area (TPSA) is 51.6 Å². The van der Waals surface area contributed by atoms with Gasteiger partial charge in [-0.1, -0.05) is 19.1 Å². The van der Waals surface area contributed by atoms with Crippen LogP contribution < -0.4 is 9.47 Å². The Balaban J connectivity index is 1.86. The zero-order valence-corrected chi connectivity index (χ0v) is 10.6. The number of ether oxygens (including phenoxy) is 2. The molecule has 2 heterocycles. The molecule has 0 radical (unpaired) electrons. The Morgan fingerprint density at radius 3 is 2.79 bits per heavy atom. The molecule has 1 N–H and O–H groups in total. The molecular formula is C15H15NO3. The van der Waals surface area contributed by atoms with Crippen LogP contribution in [0.1, 0.15) is 30.2 Å². The molecule has 3 rings (SSSR count). The number of aromatic nitrogens is 1. The minimum absolute atomic E-state index is 0.0819. The first-order valence-electron chi connectivity index (χ1n) is 6.24. The predicted molar refractivity (Wildman–Crippen MR) is 70.2 cm³/mol. The smallest absolute Gasteiger partial charge is 0.231 e. The van der Waals surface area contributed by atoms with E-state index in [2.05, 4.69) is 4.98 Å². The molecule has 2 unspecified atom stereocenters. The lowest BCUT2D eigenvalue weighted by molar-refractivity contribution is 0.149. The van der Waals surface area contributed by atoms with E-state index in [0.717, 1.165) is 17.0 Å². The van der Waals surface area contributed by atoms with Crippen LogP contribution in [0.3, 0.4) is 0 Å². The van der Waals surface area contributed by atoms with Gasteiger partial charge in [-0.2, -0.15) is 0 Å². The third-order valence-electron chi connectivity index (χ3n) is 3.37. The Hall–Kier alpha value is -2.07. The highest BCUT2D eigenvalue weighted by atomic mass is 16.7. The zero-order valence-electron chi connectivity index (χ0n) is 10.6. The summed E-state index contributed by atoms with van der Waals surface area (Å²) in [5.41, 5.74) is 1.68. The van der Waals surface area contributed by atoms with Crippen molar-refractivity contribution in [3.63, 3.8) is 0 Å². The number of hydrogen-bond donors (Lipinski definition) is 1. The monoisotopic (exact) mass is 257 g/mol. The van der Waals surface area contributed by atoms with Crippen LogP contribution in [0.25, 0.3) is 0 Å². The van der Waals surface area contributed by atoms with E-state index in [1.807, 2.05) is 43.3 Å². The van der Waals surface area contributed by atoms with Crippen molar-refractivity contribution >= 4 is 0 Å². The van der Waals surface area contributed by atoms with E-state index >= 15 is 0 Å². The highest BCUT2D eigenvalue weighted by Crippen LogP contribution is 2.37. The molecule has 2 atom stereocenters. The summed E-state index contributed by atoms with van der Waals surface area (Å²) in [5, 5.41) is 10.4. The first kappa shape index (κ1) is 12.0. The lowest BCUT2D eigenvalue weighted by Crippen LogP contribution is -2.09. The molecule has 1 aromatic carbocycles. The van der Waals surface area contributed by atoms with Crippen LogP contribution in [-0.2, 0) is 0 Å². The van der Waals surface area contributed by atoms with Gasteiger partial charge in [-0.05, 0) is 29.8 Å². The summed E-state index contributed by atoms with van der Waals surface area (Å²) in [4.78, 5) is 4.28. The van der Waals surface area contributed by atoms with Crippen LogP contribution in [-0.4, -0.2) is 16.9 Å². The van der Waals surface area contributed by atoms with Gasteiger partial charge >= 0.3 is 0 Å². The van der Waals surface area contributed by atoms with E-state index in [4.69, 9.17) is 9.47 Å². The van der Waals surface area contributed by atoms with Gasteiger partial charge in [-0.3, -0.25) is 4.98 Å². The van der Waals surface area contributed by atoms with E-state index in [1.54, 1.807) is 6.20 Å². The van der Waals surface area contributed by atoms with Gasteiger partial charge in [0.05, 0.1) is 6.10 Å². The number of aliphatic hydroxyl groups is 1. The molecule has 1 aromatic heterocycles. The minimum Gasteiger partial charge on any atom is -0.454 e. The fourth-order valence-electron chi connectivity index (χ4n) is 2.19. The number of rotatable bonds is 3. The highest BCUT2D eigenvalue weighted by molar-refractivity contribution is 5.45. The number of pyridine rings is 1. The Morgan fingerprint density at radius 2 is 2.00 bits per heavy atom. The molecule has 0 fully saturated rings. The predicted octanol–water partition coefficient (Wildman–Crippen LogP) is 2.65. The molecular weight excluding hydrogens is 242 g/mol. The number of nitrogens with zero attached hydrogens (tertiary/aromatic N) is 1. The van der Waals surface area contributed by atoms with Gasteiger partial charge in [0.2, 0.25) is 6.79 Å². The first-order chi connectivity index (χ1) is 9.25. The van der Waals surface area contributed by atoms with Gasteiger partial charge in [0.15, 0.2) is 11.5 Å². The van der Waals surface area contributed by atoms with Crippen molar-refractivity contribution in [3.8, 4) is 11.5 Å². The summed E-state index contributed by atoms with van der Waals surface area (Å²) < 4.78 is 10.6. The minimum atomic E-state index is -0.621. The fourth-order valence-corrected chi connectivity index (χ4v) is 2.19. The van der Waals surface area contributed by atoms with Gasteiger partial charge in [-0.25, -0.2) is 0 Å². The molecule has 1 aliphatic rings. The van der Waals surface area contributed by atoms with Crippen LogP contribution in [0, 0.1) is 0 Å². The Bertz CT molecular complexity index is 571. The molecule has 0 bridgehead atoms. The van der Waals surface area contributed by atoms with Crippen molar-refractivity contribution in [3.05, 3.63) is 53.9 Å². The summed E-state index contributed by atoms with van der Waals surface area (Å²) in [6, 6.07) is 11.2. The van der Waals surface area contributed by atoms with Gasteiger partial charge in [-0.15, -0.1) is 0 Å². The standard InChI is InChI=1S/C15H15NO3/c1-10(12-4-2-3-7-16-12)15(17)11-5-6-13-14(8-11)19-9-18-13/h2-8,10,15,17H,9H2,1H3. The normalized spacial score (nSPS) is 16.1. The average Bonchev–Trinajstić information content (AvgIpc) is 2.94. The second-order valence-corrected chi connectivity index (χ2v) is 4.60. The lowest BCUT2D eigenvalue weighted by Gasteiger charge is -2.19. The molecule has 4 nitrogen and oxygen atoms in total. The number of aliphatic hydroxyl groups excluding tert-OH is 1. The van der Waals surface area contributed by atoms with Crippen LogP contribution in [0.15, 0.2) is 42.6 Å². The fraction of sp³-hybridized carbons (Fsp3) is 0.267. The van der Waals surface area contributed by atoms with Crippen LogP contribution in [0.4, 0.5) is 0 Å². The van der Waals surface area contributed by atoms with E-state index < -0.39 is 6.10 Å². The molecule has 0 saturated carbocycles. The van der Waals surface area contributed by atoms with Gasteiger partial charge in [0.25, 0.3) is 0 Å². The quantitative estimate of drug-likeness (QED) is 0.918. The van der Waals surface area contributed by atoms with Gasteiger partial charge < -0.3 is 14.6 Å². The van der Waals surface area contributed by atoms with E-state index in [1.165, 1.54) is 0 Å². The first-order valence-corrected chi connectivity index (χ1v) is 6.24. The molecule has 19 heavy (non-hydrogen) atoms. The molecule has 0 saturated heterocycles. The average molecular weight is 257 g/mol. The van der Waals surface area contributed by atoms with Crippen molar-refractivity contribution in [2.45, 2.75) is 18.9 Å². The number of hydrogen-bond acceptors (Lipinski definition) is 4. The molecule has 1 aliphatic heterocycles. The summed E-state index contributed by atoms with van der Waals surface area (Å²) in [7, 11) is 0. The van der Waals surface area contributed by atoms with Gasteiger partial charge in [0.1, 0.15) is 0 Å². The molecule has 98 valence electrons. The Kier molecular flexibility index (Phi) is 3.09. The molecule has 0 spiro atoms. The molecule has 2 aromatic rings. The van der Waals surface area contributed by atoms with Crippen LogP contribution in [0.5, 0.6) is 11.5 Å². The Morgan fingerprint density at radius 1 is 1.16 bits per heavy atom.